The summed E-state index contributed by atoms with van der Waals surface area (Å²) in [6, 6.07) is 2.24. The number of ether oxygens (including phenoxy) is 1. The van der Waals surface area contributed by atoms with E-state index in [1.54, 1.807) is 6.92 Å². The maximum atomic E-state index is 13.4. The number of amides is 1. The van der Waals surface area contributed by atoms with Crippen molar-refractivity contribution in [2.24, 2.45) is 0 Å². The third-order valence-corrected chi connectivity index (χ3v) is 2.64. The van der Waals surface area contributed by atoms with Gasteiger partial charge in [0.15, 0.2) is 0 Å². The Hall–Kier alpha value is -1.98. The van der Waals surface area contributed by atoms with E-state index in [1.807, 2.05) is 0 Å². The molecule has 0 aliphatic heterocycles. The molecule has 0 saturated carbocycles. The first kappa shape index (κ1) is 15.1. The first-order valence-corrected chi connectivity index (χ1v) is 5.80. The lowest BCUT2D eigenvalue weighted by Crippen LogP contribution is -2.36. The van der Waals surface area contributed by atoms with Crippen LogP contribution in [0.5, 0.6) is 0 Å². The van der Waals surface area contributed by atoms with Gasteiger partial charge in [0.2, 0.25) is 0 Å². The Balaban J connectivity index is 2.74. The molecule has 0 bridgehead atoms. The zero-order chi connectivity index (χ0) is 14.4. The highest BCUT2D eigenvalue weighted by Gasteiger charge is 2.18. The molecule has 1 atom stereocenters. The SMILES string of the molecule is CCC(CC(=O)OC)NC(=O)c1ccc(F)cc1F. The van der Waals surface area contributed by atoms with Crippen LogP contribution in [0.2, 0.25) is 0 Å². The maximum absolute atomic E-state index is 13.4. The van der Waals surface area contributed by atoms with E-state index in [0.29, 0.717) is 12.5 Å². The molecule has 4 nitrogen and oxygen atoms in total. The van der Waals surface area contributed by atoms with Crippen LogP contribution in [0.15, 0.2) is 18.2 Å². The lowest BCUT2D eigenvalue weighted by atomic mass is 10.1. The first-order valence-electron chi connectivity index (χ1n) is 5.80. The zero-order valence-corrected chi connectivity index (χ0v) is 10.7. The van der Waals surface area contributed by atoms with E-state index in [1.165, 1.54) is 7.11 Å². The zero-order valence-electron chi connectivity index (χ0n) is 10.7. The minimum absolute atomic E-state index is 0.00154. The highest BCUT2D eigenvalue weighted by molar-refractivity contribution is 5.94. The second-order valence-corrected chi connectivity index (χ2v) is 3.98. The fourth-order valence-electron chi connectivity index (χ4n) is 1.52. The number of hydrogen-bond donors (Lipinski definition) is 1. The van der Waals surface area contributed by atoms with Crippen molar-refractivity contribution in [3.63, 3.8) is 0 Å². The van der Waals surface area contributed by atoms with Crippen LogP contribution in [0.25, 0.3) is 0 Å². The van der Waals surface area contributed by atoms with Gasteiger partial charge in [-0.3, -0.25) is 9.59 Å². The quantitative estimate of drug-likeness (QED) is 0.834. The number of rotatable bonds is 5. The van der Waals surface area contributed by atoms with Crippen LogP contribution >= 0.6 is 0 Å². The number of halogens is 2. The average molecular weight is 271 g/mol. The molecular weight excluding hydrogens is 256 g/mol. The topological polar surface area (TPSA) is 55.4 Å². The van der Waals surface area contributed by atoms with Crippen molar-refractivity contribution in [3.05, 3.63) is 35.4 Å². The van der Waals surface area contributed by atoms with E-state index in [9.17, 15) is 18.4 Å². The summed E-state index contributed by atoms with van der Waals surface area (Å²) in [5.74, 6) is -2.85. The summed E-state index contributed by atoms with van der Waals surface area (Å²) in [7, 11) is 1.25. The number of carbonyl (C=O) groups excluding carboxylic acids is 2. The summed E-state index contributed by atoms with van der Waals surface area (Å²) in [4.78, 5) is 22.9. The summed E-state index contributed by atoms with van der Waals surface area (Å²) in [5, 5.41) is 2.51. The van der Waals surface area contributed by atoms with E-state index in [-0.39, 0.29) is 12.0 Å². The highest BCUT2D eigenvalue weighted by atomic mass is 19.1. The maximum Gasteiger partial charge on any atom is 0.307 e. The van der Waals surface area contributed by atoms with Gasteiger partial charge >= 0.3 is 5.97 Å². The molecule has 0 aliphatic carbocycles. The number of nitrogens with one attached hydrogen (secondary N) is 1. The molecule has 0 spiro atoms. The smallest absolute Gasteiger partial charge is 0.307 e. The second-order valence-electron chi connectivity index (χ2n) is 3.98. The van der Waals surface area contributed by atoms with E-state index in [0.717, 1.165) is 12.1 Å². The summed E-state index contributed by atoms with van der Waals surface area (Å²) in [6.07, 6.45) is 0.491. The second kappa shape index (κ2) is 6.82. The van der Waals surface area contributed by atoms with Crippen molar-refractivity contribution in [1.82, 2.24) is 5.32 Å². The van der Waals surface area contributed by atoms with Gasteiger partial charge < -0.3 is 10.1 Å². The molecule has 0 radical (unpaired) electrons. The fourth-order valence-corrected chi connectivity index (χ4v) is 1.52. The molecule has 1 aromatic carbocycles. The first-order chi connectivity index (χ1) is 8.97. The monoisotopic (exact) mass is 271 g/mol. The Labute approximate surface area is 109 Å². The van der Waals surface area contributed by atoms with E-state index >= 15 is 0 Å². The molecular formula is C13H15F2NO3. The molecule has 0 aliphatic rings. The molecule has 0 heterocycles. The van der Waals surface area contributed by atoms with Crippen LogP contribution in [0.3, 0.4) is 0 Å². The third kappa shape index (κ3) is 4.31. The van der Waals surface area contributed by atoms with Gasteiger partial charge in [0.05, 0.1) is 19.1 Å². The van der Waals surface area contributed by atoms with Crippen molar-refractivity contribution >= 4 is 11.9 Å². The summed E-state index contributed by atoms with van der Waals surface area (Å²) in [6.45, 7) is 1.77. The van der Waals surface area contributed by atoms with Crippen LogP contribution in [-0.4, -0.2) is 25.0 Å². The van der Waals surface area contributed by atoms with E-state index in [4.69, 9.17) is 0 Å². The molecule has 6 heteroatoms. The Morgan fingerprint density at radius 2 is 2.05 bits per heavy atom. The predicted molar refractivity (Wildman–Crippen MR) is 64.5 cm³/mol. The molecule has 1 N–H and O–H groups in total. The molecule has 0 saturated heterocycles. The molecule has 1 rings (SSSR count). The van der Waals surface area contributed by atoms with Gasteiger partial charge in [-0.2, -0.15) is 0 Å². The van der Waals surface area contributed by atoms with Gasteiger partial charge in [-0.1, -0.05) is 6.92 Å². The number of esters is 1. The summed E-state index contributed by atoms with van der Waals surface area (Å²) < 4.78 is 30.6. The van der Waals surface area contributed by atoms with Crippen LogP contribution in [0.4, 0.5) is 8.78 Å². The summed E-state index contributed by atoms with van der Waals surface area (Å²) in [5.41, 5.74) is -0.260. The molecule has 0 fully saturated rings. The van der Waals surface area contributed by atoms with Gasteiger partial charge in [0.1, 0.15) is 11.6 Å². The predicted octanol–water partition coefficient (Wildman–Crippen LogP) is 2.04. The van der Waals surface area contributed by atoms with Crippen molar-refractivity contribution in [2.45, 2.75) is 25.8 Å². The molecule has 0 aromatic heterocycles. The lowest BCUT2D eigenvalue weighted by molar-refractivity contribution is -0.141. The number of methoxy groups -OCH3 is 1. The van der Waals surface area contributed by atoms with E-state index < -0.39 is 29.6 Å². The van der Waals surface area contributed by atoms with Gasteiger partial charge in [0.25, 0.3) is 5.91 Å². The number of carbonyl (C=O) groups is 2. The van der Waals surface area contributed by atoms with E-state index in [2.05, 4.69) is 10.1 Å². The fraction of sp³-hybridized carbons (Fsp3) is 0.385. The van der Waals surface area contributed by atoms with Crippen LogP contribution in [0.1, 0.15) is 30.1 Å². The van der Waals surface area contributed by atoms with Gasteiger partial charge in [-0.15, -0.1) is 0 Å². The number of benzene rings is 1. The minimum atomic E-state index is -0.939. The minimum Gasteiger partial charge on any atom is -0.469 e. The van der Waals surface area contributed by atoms with Crippen molar-refractivity contribution in [3.8, 4) is 0 Å². The van der Waals surface area contributed by atoms with Crippen LogP contribution in [0, 0.1) is 11.6 Å². The van der Waals surface area contributed by atoms with Crippen molar-refractivity contribution in [1.29, 1.82) is 0 Å². The Morgan fingerprint density at radius 3 is 2.58 bits per heavy atom. The normalized spacial score (nSPS) is 11.8. The Morgan fingerprint density at radius 1 is 1.37 bits per heavy atom. The molecule has 1 amide bonds. The Kier molecular flexibility index (Phi) is 5.41. The highest BCUT2D eigenvalue weighted by Crippen LogP contribution is 2.10. The average Bonchev–Trinajstić information content (AvgIpc) is 2.37. The Bertz CT molecular complexity index is 477. The van der Waals surface area contributed by atoms with Crippen molar-refractivity contribution in [2.75, 3.05) is 7.11 Å². The van der Waals surface area contributed by atoms with Gasteiger partial charge in [-0.25, -0.2) is 8.78 Å². The van der Waals surface area contributed by atoms with Crippen LogP contribution in [-0.2, 0) is 9.53 Å². The number of hydrogen-bond acceptors (Lipinski definition) is 3. The standard InChI is InChI=1S/C13H15F2NO3/c1-3-9(7-12(17)19-2)16-13(18)10-5-4-8(14)6-11(10)15/h4-6,9H,3,7H2,1-2H3,(H,16,18). The molecule has 104 valence electrons. The van der Waals surface area contributed by atoms with Gasteiger partial charge in [-0.05, 0) is 18.6 Å². The molecule has 19 heavy (non-hydrogen) atoms. The molecule has 1 aromatic rings. The summed E-state index contributed by atoms with van der Waals surface area (Å²) >= 11 is 0. The van der Waals surface area contributed by atoms with Crippen molar-refractivity contribution < 1.29 is 23.1 Å². The molecule has 1 unspecified atom stereocenters. The van der Waals surface area contributed by atoms with Gasteiger partial charge in [0, 0.05) is 12.1 Å². The third-order valence-electron chi connectivity index (χ3n) is 2.64. The largest absolute Gasteiger partial charge is 0.469 e. The van der Waals surface area contributed by atoms with Crippen LogP contribution < -0.4 is 5.32 Å². The lowest BCUT2D eigenvalue weighted by Gasteiger charge is -2.15.